The predicted octanol–water partition coefficient (Wildman–Crippen LogP) is 5.49. The van der Waals surface area contributed by atoms with E-state index in [1.54, 1.807) is 0 Å². The zero-order valence-corrected chi connectivity index (χ0v) is 16.5. The van der Waals surface area contributed by atoms with Gasteiger partial charge in [-0.1, -0.05) is 69.2 Å². The molecular formula is C19H32O3Si. The minimum Gasteiger partial charge on any atom is -0.291 e. The highest BCUT2D eigenvalue weighted by molar-refractivity contribution is 6.80. The van der Waals surface area contributed by atoms with Crippen molar-refractivity contribution < 1.29 is 14.6 Å². The minimum absolute atomic E-state index is 0.0297. The van der Waals surface area contributed by atoms with Gasteiger partial charge in [-0.05, 0) is 26.8 Å². The number of Topliss-reactive ketones (excluding diaryl/α,β-unsaturated/α-hetero) is 1. The van der Waals surface area contributed by atoms with Crippen LogP contribution in [0.1, 0.15) is 51.9 Å². The van der Waals surface area contributed by atoms with Gasteiger partial charge in [-0.25, -0.2) is 9.78 Å². The Balaban J connectivity index is 2.99. The molecule has 3 nitrogen and oxygen atoms in total. The van der Waals surface area contributed by atoms with Crippen molar-refractivity contribution in [1.82, 2.24) is 0 Å². The van der Waals surface area contributed by atoms with E-state index in [1.165, 1.54) is 0 Å². The minimum atomic E-state index is -1.50. The fourth-order valence-electron chi connectivity index (χ4n) is 2.74. The summed E-state index contributed by atoms with van der Waals surface area (Å²) in [6.45, 7) is 12.5. The molecule has 23 heavy (non-hydrogen) atoms. The Morgan fingerprint density at radius 3 is 2.00 bits per heavy atom. The van der Waals surface area contributed by atoms with Gasteiger partial charge in [0.05, 0.1) is 13.7 Å². The van der Waals surface area contributed by atoms with E-state index in [0.717, 1.165) is 24.2 Å². The van der Waals surface area contributed by atoms with Crippen LogP contribution in [0.5, 0.6) is 0 Å². The van der Waals surface area contributed by atoms with Crippen molar-refractivity contribution in [1.29, 1.82) is 0 Å². The smallest absolute Gasteiger partial charge is 0.194 e. The van der Waals surface area contributed by atoms with Gasteiger partial charge in [0.2, 0.25) is 0 Å². The number of carbonyl (C=O) groups excluding carboxylic acids is 1. The second-order valence-corrected chi connectivity index (χ2v) is 12.8. The van der Waals surface area contributed by atoms with Crippen LogP contribution in [-0.2, 0) is 9.78 Å². The largest absolute Gasteiger partial charge is 0.291 e. The van der Waals surface area contributed by atoms with Gasteiger partial charge in [-0.3, -0.25) is 4.79 Å². The van der Waals surface area contributed by atoms with Gasteiger partial charge in [-0.2, -0.15) is 0 Å². The average molecular weight is 337 g/mol. The van der Waals surface area contributed by atoms with Crippen molar-refractivity contribution in [3.05, 3.63) is 35.9 Å². The summed E-state index contributed by atoms with van der Waals surface area (Å²) < 4.78 is 0. The molecule has 0 aliphatic heterocycles. The van der Waals surface area contributed by atoms with Crippen molar-refractivity contribution in [2.24, 2.45) is 0 Å². The first-order valence-electron chi connectivity index (χ1n) is 8.70. The lowest BCUT2D eigenvalue weighted by atomic mass is 10.1. The van der Waals surface area contributed by atoms with Gasteiger partial charge in [0.1, 0.15) is 0 Å². The maximum Gasteiger partial charge on any atom is 0.194 e. The monoisotopic (exact) mass is 336 g/mol. The molecule has 1 aromatic carbocycles. The Morgan fingerprint density at radius 2 is 1.57 bits per heavy atom. The number of benzene rings is 1. The van der Waals surface area contributed by atoms with Crippen LogP contribution in [0.3, 0.4) is 0 Å². The summed E-state index contributed by atoms with van der Waals surface area (Å²) in [5.41, 5.74) is 0.269. The molecule has 0 aliphatic carbocycles. The Morgan fingerprint density at radius 1 is 1.04 bits per heavy atom. The van der Waals surface area contributed by atoms with E-state index in [1.807, 2.05) is 51.1 Å². The van der Waals surface area contributed by atoms with Crippen LogP contribution in [0.25, 0.3) is 0 Å². The molecule has 0 amide bonds. The van der Waals surface area contributed by atoms with E-state index in [4.69, 9.17) is 9.78 Å². The normalized spacial score (nSPS) is 13.8. The van der Waals surface area contributed by atoms with Crippen LogP contribution in [0.15, 0.2) is 30.3 Å². The lowest BCUT2D eigenvalue weighted by molar-refractivity contribution is -0.360. The average Bonchev–Trinajstić information content (AvgIpc) is 2.55. The van der Waals surface area contributed by atoms with Crippen LogP contribution in [0.4, 0.5) is 0 Å². The summed E-state index contributed by atoms with van der Waals surface area (Å²) in [5, 5.41) is 0. The lowest BCUT2D eigenvalue weighted by Gasteiger charge is -2.32. The first-order chi connectivity index (χ1) is 10.8. The van der Waals surface area contributed by atoms with Crippen LogP contribution < -0.4 is 0 Å². The fraction of sp³-hybridized carbons (Fsp3) is 0.632. The molecule has 0 saturated heterocycles. The summed E-state index contributed by atoms with van der Waals surface area (Å²) >= 11 is 0. The Kier molecular flexibility index (Phi) is 7.65. The number of carbonyl (C=O) groups is 1. The molecule has 0 bridgehead atoms. The predicted molar refractivity (Wildman–Crippen MR) is 98.5 cm³/mol. The number of hydrogen-bond donors (Lipinski definition) is 0. The molecule has 130 valence electrons. The molecular weight excluding hydrogens is 304 g/mol. The maximum absolute atomic E-state index is 12.9. The van der Waals surface area contributed by atoms with Gasteiger partial charge in [0, 0.05) is 5.56 Å². The second-order valence-electron chi connectivity index (χ2n) is 7.28. The molecule has 0 spiro atoms. The van der Waals surface area contributed by atoms with Gasteiger partial charge in [0.15, 0.2) is 11.9 Å². The van der Waals surface area contributed by atoms with Gasteiger partial charge in [-0.15, -0.1) is 0 Å². The van der Waals surface area contributed by atoms with Crippen molar-refractivity contribution >= 4 is 13.9 Å². The molecule has 1 unspecified atom stereocenters. The van der Waals surface area contributed by atoms with E-state index >= 15 is 0 Å². The van der Waals surface area contributed by atoms with E-state index < -0.39 is 19.8 Å². The first kappa shape index (κ1) is 20.1. The molecule has 4 heteroatoms. The quantitative estimate of drug-likeness (QED) is 0.259. The van der Waals surface area contributed by atoms with Crippen molar-refractivity contribution in [2.75, 3.05) is 0 Å². The standard InChI is InChI=1S/C19H32O3Si/c1-7-23(8-2,9-3)15-17(21-22-19(4,5)6)18(20)16-13-11-10-12-14-16/h10-14,17H,7-9,15H2,1-6H3. The molecule has 0 heterocycles. The molecule has 1 rings (SSSR count). The summed E-state index contributed by atoms with van der Waals surface area (Å²) in [6, 6.07) is 13.7. The van der Waals surface area contributed by atoms with E-state index in [0.29, 0.717) is 5.56 Å². The summed E-state index contributed by atoms with van der Waals surface area (Å²) in [6.07, 6.45) is -0.511. The van der Waals surface area contributed by atoms with E-state index in [2.05, 4.69) is 20.8 Å². The Bertz CT molecular complexity index is 467. The molecule has 0 aromatic heterocycles. The third-order valence-electron chi connectivity index (χ3n) is 4.63. The first-order valence-corrected chi connectivity index (χ1v) is 11.5. The highest BCUT2D eigenvalue weighted by atomic mass is 28.3. The highest BCUT2D eigenvalue weighted by Crippen LogP contribution is 2.29. The summed E-state index contributed by atoms with van der Waals surface area (Å²) in [4.78, 5) is 24.1. The molecule has 1 atom stereocenters. The molecule has 0 radical (unpaired) electrons. The third kappa shape index (κ3) is 6.20. The van der Waals surface area contributed by atoms with Gasteiger partial charge in [0.25, 0.3) is 0 Å². The van der Waals surface area contributed by atoms with Gasteiger partial charge >= 0.3 is 0 Å². The topological polar surface area (TPSA) is 35.5 Å². The van der Waals surface area contributed by atoms with Crippen molar-refractivity contribution in [2.45, 2.75) is 77.4 Å². The molecule has 0 saturated carbocycles. The van der Waals surface area contributed by atoms with E-state index in [9.17, 15) is 4.79 Å². The highest BCUT2D eigenvalue weighted by Gasteiger charge is 2.35. The number of ketones is 1. The number of rotatable bonds is 9. The number of hydrogen-bond acceptors (Lipinski definition) is 3. The van der Waals surface area contributed by atoms with Crippen LogP contribution in [0.2, 0.25) is 24.2 Å². The van der Waals surface area contributed by atoms with Gasteiger partial charge < -0.3 is 0 Å². The van der Waals surface area contributed by atoms with Crippen LogP contribution in [0, 0.1) is 0 Å². The summed E-state index contributed by atoms with van der Waals surface area (Å²) in [7, 11) is -1.50. The zero-order chi connectivity index (χ0) is 17.5. The second kappa shape index (κ2) is 8.76. The Hall–Kier alpha value is -0.973. The molecule has 0 N–H and O–H groups in total. The maximum atomic E-state index is 12.9. The third-order valence-corrected chi connectivity index (χ3v) is 10.4. The van der Waals surface area contributed by atoms with Crippen molar-refractivity contribution in [3.63, 3.8) is 0 Å². The Labute approximate surface area is 142 Å². The fourth-order valence-corrected chi connectivity index (χ4v) is 6.14. The lowest BCUT2D eigenvalue weighted by Crippen LogP contribution is -2.40. The van der Waals surface area contributed by atoms with Crippen LogP contribution >= 0.6 is 0 Å². The SMILES string of the molecule is CC[Si](CC)(CC)CC(OOC(C)(C)C)C(=O)c1ccccc1. The molecule has 0 aliphatic rings. The molecule has 1 aromatic rings. The zero-order valence-electron chi connectivity index (χ0n) is 15.5. The van der Waals surface area contributed by atoms with Crippen LogP contribution in [-0.4, -0.2) is 25.6 Å². The van der Waals surface area contributed by atoms with Crippen molar-refractivity contribution in [3.8, 4) is 0 Å². The van der Waals surface area contributed by atoms with E-state index in [-0.39, 0.29) is 5.78 Å². The summed E-state index contributed by atoms with van der Waals surface area (Å²) in [5.74, 6) is 0.0297. The molecule has 0 fully saturated rings.